The summed E-state index contributed by atoms with van der Waals surface area (Å²) < 4.78 is 60.7. The van der Waals surface area contributed by atoms with Crippen LogP contribution in [0.1, 0.15) is 0 Å². The molecule has 0 heterocycles. The Labute approximate surface area is 126 Å². The summed E-state index contributed by atoms with van der Waals surface area (Å²) in [7, 11) is -9.18. The number of hydrogen-bond donors (Lipinski definition) is 0. The Balaban J connectivity index is 2.63. The molecule has 0 radical (unpaired) electrons. The topological polar surface area (TPSA) is 105 Å². The molecule has 0 N–H and O–H groups in total. The Hall–Kier alpha value is -2.35. The van der Waals surface area contributed by atoms with Crippen molar-refractivity contribution in [1.29, 1.82) is 0 Å². The lowest BCUT2D eigenvalue weighted by Crippen LogP contribution is -2.26. The van der Waals surface area contributed by atoms with Gasteiger partial charge < -0.3 is 5.53 Å². The molecule has 0 amide bonds. The largest absolute Gasteiger partial charge is 0.504 e. The number of nitrogens with zero attached hydrogens (tertiary/aromatic N) is 2. The standard InChI is InChI=1S/C13H9FN2O4S2/c14-10-6-8-12(9-7-10)22(19,20)13(16-15)21(17,18)11-4-2-1-3-5-11/h1-9H. The molecule has 2 aromatic rings. The van der Waals surface area contributed by atoms with Crippen molar-refractivity contribution in [3.05, 3.63) is 65.9 Å². The molecule has 2 aromatic carbocycles. The first-order valence-corrected chi connectivity index (χ1v) is 8.79. The maximum atomic E-state index is 12.9. The van der Waals surface area contributed by atoms with E-state index < -0.39 is 34.8 Å². The third-order valence-electron chi connectivity index (χ3n) is 2.72. The molecule has 9 heteroatoms. The summed E-state index contributed by atoms with van der Waals surface area (Å²) >= 11 is 0. The molecule has 0 aromatic heterocycles. The fourth-order valence-electron chi connectivity index (χ4n) is 1.67. The Morgan fingerprint density at radius 3 is 1.73 bits per heavy atom. The van der Waals surface area contributed by atoms with Crippen LogP contribution in [-0.2, 0) is 19.7 Å². The number of hydrogen-bond acceptors (Lipinski definition) is 4. The van der Waals surface area contributed by atoms with Crippen molar-refractivity contribution in [2.75, 3.05) is 0 Å². The van der Waals surface area contributed by atoms with Crippen LogP contribution in [0.4, 0.5) is 4.39 Å². The predicted octanol–water partition coefficient (Wildman–Crippen LogP) is 1.66. The molecule has 0 spiro atoms. The van der Waals surface area contributed by atoms with E-state index in [2.05, 4.69) is 4.79 Å². The fraction of sp³-hybridized carbons (Fsp3) is 0. The van der Waals surface area contributed by atoms with E-state index in [9.17, 15) is 21.2 Å². The molecule has 6 nitrogen and oxygen atoms in total. The zero-order chi connectivity index (χ0) is 16.4. The molecule has 0 aliphatic carbocycles. The second-order valence-corrected chi connectivity index (χ2v) is 8.13. The van der Waals surface area contributed by atoms with Crippen LogP contribution in [0.3, 0.4) is 0 Å². The lowest BCUT2D eigenvalue weighted by molar-refractivity contribution is 0.00380. The van der Waals surface area contributed by atoms with E-state index in [-0.39, 0.29) is 4.90 Å². The van der Waals surface area contributed by atoms with E-state index in [0.29, 0.717) is 0 Å². The van der Waals surface area contributed by atoms with E-state index in [1.54, 1.807) is 6.07 Å². The summed E-state index contributed by atoms with van der Waals surface area (Å²) in [5, 5.41) is 0. The molecule has 22 heavy (non-hydrogen) atoms. The van der Waals surface area contributed by atoms with Crippen molar-refractivity contribution in [3.63, 3.8) is 0 Å². The SMILES string of the molecule is [N-]=[N+]=C(S(=O)(=O)c1ccccc1)S(=O)(=O)c1ccc(F)cc1. The smallest absolute Gasteiger partial charge is 0.359 e. The minimum absolute atomic E-state index is 0.339. The average molecular weight is 340 g/mol. The summed E-state index contributed by atoms with van der Waals surface area (Å²) in [6.45, 7) is 0. The van der Waals surface area contributed by atoms with Crippen molar-refractivity contribution >= 4 is 24.1 Å². The first-order valence-electron chi connectivity index (χ1n) is 5.83. The summed E-state index contributed by atoms with van der Waals surface area (Å²) in [6, 6.07) is 10.2. The van der Waals surface area contributed by atoms with Gasteiger partial charge in [-0.05, 0) is 36.4 Å². The lowest BCUT2D eigenvalue weighted by atomic mass is 10.4. The quantitative estimate of drug-likeness (QED) is 0.272. The van der Waals surface area contributed by atoms with Crippen LogP contribution < -0.4 is 0 Å². The highest BCUT2D eigenvalue weighted by molar-refractivity contribution is 8.31. The van der Waals surface area contributed by atoms with Gasteiger partial charge in [0.2, 0.25) is 0 Å². The van der Waals surface area contributed by atoms with E-state index in [1.807, 2.05) is 0 Å². The maximum absolute atomic E-state index is 12.9. The highest BCUT2D eigenvalue weighted by atomic mass is 32.3. The number of rotatable bonds is 2. The van der Waals surface area contributed by atoms with Crippen molar-refractivity contribution < 1.29 is 26.0 Å². The fourth-order valence-corrected chi connectivity index (χ4v) is 5.03. The number of sulfone groups is 2. The van der Waals surface area contributed by atoms with Gasteiger partial charge in [0.25, 0.3) is 19.7 Å². The van der Waals surface area contributed by atoms with Crippen LogP contribution in [0.5, 0.6) is 0 Å². The first-order chi connectivity index (χ1) is 10.3. The Morgan fingerprint density at radius 1 is 0.818 bits per heavy atom. The molecule has 2 rings (SSSR count). The monoisotopic (exact) mass is 340 g/mol. The van der Waals surface area contributed by atoms with Gasteiger partial charge in [0.05, 0.1) is 9.79 Å². The summed E-state index contributed by atoms with van der Waals surface area (Å²) in [6.07, 6.45) is 0. The highest BCUT2D eigenvalue weighted by Crippen LogP contribution is 2.20. The van der Waals surface area contributed by atoms with Crippen molar-refractivity contribution in [2.24, 2.45) is 0 Å². The van der Waals surface area contributed by atoms with Crippen molar-refractivity contribution in [1.82, 2.24) is 0 Å². The van der Waals surface area contributed by atoms with Crippen LogP contribution in [0, 0.1) is 5.82 Å². The van der Waals surface area contributed by atoms with Crippen LogP contribution >= 0.6 is 0 Å². The van der Waals surface area contributed by atoms with Gasteiger partial charge in [-0.1, -0.05) is 18.2 Å². The zero-order valence-electron chi connectivity index (χ0n) is 10.9. The Kier molecular flexibility index (Phi) is 4.23. The van der Waals surface area contributed by atoms with Gasteiger partial charge in [-0.25, -0.2) is 21.2 Å². The third kappa shape index (κ3) is 2.82. The molecule has 114 valence electrons. The summed E-state index contributed by atoms with van der Waals surface area (Å²) in [5.41, 5.74) is 8.93. The molecule has 0 saturated carbocycles. The van der Waals surface area contributed by atoms with Crippen LogP contribution in [-0.4, -0.2) is 26.0 Å². The average Bonchev–Trinajstić information content (AvgIpc) is 2.48. The van der Waals surface area contributed by atoms with Gasteiger partial charge in [0, 0.05) is 0 Å². The minimum atomic E-state index is -4.63. The molecular formula is C13H9FN2O4S2. The molecule has 0 atom stereocenters. The Morgan fingerprint density at radius 2 is 1.27 bits per heavy atom. The second kappa shape index (κ2) is 5.80. The normalized spacial score (nSPS) is 11.7. The number of halogens is 1. The van der Waals surface area contributed by atoms with Crippen LogP contribution in [0.15, 0.2) is 64.4 Å². The van der Waals surface area contributed by atoms with E-state index in [4.69, 9.17) is 5.53 Å². The predicted molar refractivity (Wildman–Crippen MR) is 75.8 cm³/mol. The second-order valence-electron chi connectivity index (χ2n) is 4.14. The molecule has 0 bridgehead atoms. The molecule has 0 unspecified atom stereocenters. The lowest BCUT2D eigenvalue weighted by Gasteiger charge is -2.02. The first kappa shape index (κ1) is 16.0. The van der Waals surface area contributed by atoms with Gasteiger partial charge in [-0.3, -0.25) is 0 Å². The summed E-state index contributed by atoms with van der Waals surface area (Å²) in [5.74, 6) is -0.688. The third-order valence-corrected chi connectivity index (χ3v) is 6.90. The van der Waals surface area contributed by atoms with Crippen LogP contribution in [0.2, 0.25) is 0 Å². The minimum Gasteiger partial charge on any atom is -0.359 e. The van der Waals surface area contributed by atoms with Gasteiger partial charge in [-0.15, -0.1) is 4.79 Å². The van der Waals surface area contributed by atoms with E-state index >= 15 is 0 Å². The van der Waals surface area contributed by atoms with E-state index in [0.717, 1.165) is 24.3 Å². The molecule has 0 saturated heterocycles. The van der Waals surface area contributed by atoms with Crippen molar-refractivity contribution in [3.8, 4) is 0 Å². The zero-order valence-corrected chi connectivity index (χ0v) is 12.6. The Bertz CT molecular complexity index is 947. The number of benzene rings is 2. The maximum Gasteiger partial charge on any atom is 0.504 e. The van der Waals surface area contributed by atoms with Gasteiger partial charge >= 0.3 is 4.38 Å². The van der Waals surface area contributed by atoms with Gasteiger partial charge in [-0.2, -0.15) is 0 Å². The molecular weight excluding hydrogens is 331 g/mol. The molecule has 0 fully saturated rings. The highest BCUT2D eigenvalue weighted by Gasteiger charge is 2.43. The molecule has 0 aliphatic rings. The van der Waals surface area contributed by atoms with E-state index in [1.165, 1.54) is 24.3 Å². The molecule has 0 aliphatic heterocycles. The van der Waals surface area contributed by atoms with Gasteiger partial charge in [0.15, 0.2) is 0 Å². The van der Waals surface area contributed by atoms with Crippen molar-refractivity contribution in [2.45, 2.75) is 9.79 Å². The van der Waals surface area contributed by atoms with Crippen LogP contribution in [0.25, 0.3) is 5.53 Å². The summed E-state index contributed by atoms with van der Waals surface area (Å²) in [4.78, 5) is 1.62. The van der Waals surface area contributed by atoms with Gasteiger partial charge in [0.1, 0.15) is 5.82 Å².